The fourth-order valence-corrected chi connectivity index (χ4v) is 3.39. The van der Waals surface area contributed by atoms with Crippen molar-refractivity contribution in [3.05, 3.63) is 64.7 Å². The van der Waals surface area contributed by atoms with Crippen molar-refractivity contribution in [2.75, 3.05) is 18.4 Å². The zero-order valence-electron chi connectivity index (χ0n) is 16.1. The van der Waals surface area contributed by atoms with Gasteiger partial charge in [-0.25, -0.2) is 0 Å². The van der Waals surface area contributed by atoms with E-state index in [1.54, 1.807) is 17.1 Å². The number of nitrogens with zero attached hydrogens (tertiary/aromatic N) is 2. The molecule has 2 aromatic carbocycles. The third-order valence-corrected chi connectivity index (χ3v) is 5.32. The summed E-state index contributed by atoms with van der Waals surface area (Å²) in [6, 6.07) is 11.8. The van der Waals surface area contributed by atoms with Crippen LogP contribution >= 0.6 is 11.6 Å². The Hall–Kier alpha value is -2.54. The molecule has 0 fully saturated rings. The minimum Gasteiger partial charge on any atom is -0.324 e. The van der Waals surface area contributed by atoms with Crippen LogP contribution in [0, 0.1) is 5.41 Å². The Kier molecular flexibility index (Phi) is 5.89. The highest BCUT2D eigenvalue weighted by Gasteiger charge is 2.38. The largest absolute Gasteiger partial charge is 0.416 e. The van der Waals surface area contributed by atoms with E-state index >= 15 is 0 Å². The van der Waals surface area contributed by atoms with Crippen LogP contribution in [0.2, 0.25) is 5.02 Å². The Balaban J connectivity index is 1.69. The van der Waals surface area contributed by atoms with E-state index in [1.165, 1.54) is 12.1 Å². The number of benzene rings is 2. The third-order valence-electron chi connectivity index (χ3n) is 5.06. The topological polar surface area (TPSA) is 44.7 Å². The van der Waals surface area contributed by atoms with Crippen molar-refractivity contribution >= 4 is 28.9 Å². The summed E-state index contributed by atoms with van der Waals surface area (Å²) in [6.45, 7) is 4.74. The monoisotopic (exact) mass is 423 g/mol. The van der Waals surface area contributed by atoms with Gasteiger partial charge in [0.15, 0.2) is 0 Å². The van der Waals surface area contributed by atoms with Crippen molar-refractivity contribution in [2.24, 2.45) is 10.5 Å². The molecule has 0 spiro atoms. The lowest BCUT2D eigenvalue weighted by Gasteiger charge is -2.25. The normalized spacial score (nSPS) is 19.2. The number of carbonyl (C=O) groups is 1. The molecule has 0 radical (unpaired) electrons. The van der Waals surface area contributed by atoms with Crippen LogP contribution in [0.3, 0.4) is 0 Å². The lowest BCUT2D eigenvalue weighted by molar-refractivity contribution is -0.137. The van der Waals surface area contributed by atoms with Gasteiger partial charge in [-0.1, -0.05) is 37.6 Å². The Bertz CT molecular complexity index is 910. The molecule has 1 aliphatic rings. The highest BCUT2D eigenvalue weighted by Crippen LogP contribution is 2.34. The van der Waals surface area contributed by atoms with Gasteiger partial charge in [-0.15, -0.1) is 0 Å². The fraction of sp³-hybridized carbons (Fsp3) is 0.333. The molecule has 1 aliphatic heterocycles. The minimum absolute atomic E-state index is 0.00764. The Morgan fingerprint density at radius 3 is 2.34 bits per heavy atom. The van der Waals surface area contributed by atoms with E-state index in [0.717, 1.165) is 29.8 Å². The first-order valence-electron chi connectivity index (χ1n) is 9.18. The summed E-state index contributed by atoms with van der Waals surface area (Å²) in [6.07, 6.45) is -3.57. The zero-order valence-corrected chi connectivity index (χ0v) is 16.8. The molecular formula is C21H21ClF3N3O. The minimum atomic E-state index is -4.41. The van der Waals surface area contributed by atoms with Crippen LogP contribution in [-0.2, 0) is 11.0 Å². The van der Waals surface area contributed by atoms with Crippen molar-refractivity contribution in [3.8, 4) is 0 Å². The number of amides is 1. The van der Waals surface area contributed by atoms with Gasteiger partial charge in [0, 0.05) is 22.7 Å². The van der Waals surface area contributed by atoms with E-state index in [0.29, 0.717) is 17.3 Å². The second kappa shape index (κ2) is 8.06. The summed E-state index contributed by atoms with van der Waals surface area (Å²) in [5.41, 5.74) is 1.17. The highest BCUT2D eigenvalue weighted by molar-refractivity contribution is 6.30. The molecule has 3 rings (SSSR count). The molecule has 0 aliphatic carbocycles. The summed E-state index contributed by atoms with van der Waals surface area (Å²) in [7, 11) is 0. The smallest absolute Gasteiger partial charge is 0.324 e. The molecule has 1 heterocycles. The lowest BCUT2D eigenvalue weighted by Crippen LogP contribution is -2.34. The summed E-state index contributed by atoms with van der Waals surface area (Å²) < 4.78 is 37.9. The average Bonchev–Trinajstić information content (AvgIpc) is 2.98. The standard InChI is InChI=1S/C21H21ClF3N3O/c1-3-20(2)13-28(27-19(20)14-4-8-16(22)9-5-14)12-18(29)26-17-10-6-15(7-11-17)21(23,24)25/h4-11H,3,12-13H2,1-2H3,(H,26,29). The summed E-state index contributed by atoms with van der Waals surface area (Å²) in [5, 5.41) is 9.58. The fourth-order valence-electron chi connectivity index (χ4n) is 3.27. The number of rotatable bonds is 5. The molecule has 4 nitrogen and oxygen atoms in total. The van der Waals surface area contributed by atoms with Crippen molar-refractivity contribution in [1.29, 1.82) is 0 Å². The lowest BCUT2D eigenvalue weighted by atomic mass is 9.80. The number of alkyl halides is 3. The molecule has 8 heteroatoms. The van der Waals surface area contributed by atoms with E-state index in [4.69, 9.17) is 11.6 Å². The van der Waals surface area contributed by atoms with Crippen LogP contribution in [0.25, 0.3) is 0 Å². The molecule has 0 saturated carbocycles. The predicted molar refractivity (Wildman–Crippen MR) is 108 cm³/mol. The van der Waals surface area contributed by atoms with Gasteiger partial charge in [0.1, 0.15) is 6.54 Å². The molecule has 154 valence electrons. The maximum absolute atomic E-state index is 12.6. The molecule has 0 aromatic heterocycles. The van der Waals surface area contributed by atoms with Crippen molar-refractivity contribution in [1.82, 2.24) is 5.01 Å². The van der Waals surface area contributed by atoms with Gasteiger partial charge in [-0.2, -0.15) is 18.3 Å². The van der Waals surface area contributed by atoms with E-state index in [2.05, 4.69) is 24.3 Å². The van der Waals surface area contributed by atoms with E-state index in [9.17, 15) is 18.0 Å². The van der Waals surface area contributed by atoms with E-state index in [-0.39, 0.29) is 17.9 Å². The average molecular weight is 424 g/mol. The van der Waals surface area contributed by atoms with Crippen LogP contribution < -0.4 is 5.32 Å². The Labute approximate surface area is 172 Å². The molecule has 1 unspecified atom stereocenters. The molecule has 29 heavy (non-hydrogen) atoms. The molecule has 0 bridgehead atoms. The summed E-state index contributed by atoms with van der Waals surface area (Å²) in [5.74, 6) is -0.343. The first-order chi connectivity index (χ1) is 13.6. The second-order valence-electron chi connectivity index (χ2n) is 7.32. The number of nitrogens with one attached hydrogen (secondary N) is 1. The van der Waals surface area contributed by atoms with E-state index in [1.807, 2.05) is 12.1 Å². The maximum Gasteiger partial charge on any atom is 0.416 e. The van der Waals surface area contributed by atoms with Crippen LogP contribution in [0.5, 0.6) is 0 Å². The van der Waals surface area contributed by atoms with Crippen LogP contribution in [0.1, 0.15) is 31.4 Å². The Morgan fingerprint density at radius 2 is 1.79 bits per heavy atom. The quantitative estimate of drug-likeness (QED) is 0.696. The van der Waals surface area contributed by atoms with Crippen LogP contribution in [0.15, 0.2) is 53.6 Å². The maximum atomic E-state index is 12.6. The molecule has 0 saturated heterocycles. The van der Waals surface area contributed by atoms with Crippen molar-refractivity contribution in [2.45, 2.75) is 26.4 Å². The molecule has 1 N–H and O–H groups in total. The zero-order chi connectivity index (χ0) is 21.2. The van der Waals surface area contributed by atoms with Gasteiger partial charge in [0.05, 0.1) is 11.3 Å². The SMILES string of the molecule is CCC1(C)CN(CC(=O)Nc2ccc(C(F)(F)F)cc2)N=C1c1ccc(Cl)cc1. The summed E-state index contributed by atoms with van der Waals surface area (Å²) in [4.78, 5) is 12.4. The number of halogens is 4. The van der Waals surface area contributed by atoms with Gasteiger partial charge in [0.2, 0.25) is 5.91 Å². The molecule has 2 aromatic rings. The van der Waals surface area contributed by atoms with Gasteiger partial charge < -0.3 is 5.32 Å². The van der Waals surface area contributed by atoms with E-state index < -0.39 is 11.7 Å². The number of anilines is 1. The number of hydrogen-bond acceptors (Lipinski definition) is 3. The third kappa shape index (κ3) is 4.90. The predicted octanol–water partition coefficient (Wildman–Crippen LogP) is 5.43. The van der Waals surface area contributed by atoms with Gasteiger partial charge >= 0.3 is 6.18 Å². The number of carbonyl (C=O) groups excluding carboxylic acids is 1. The second-order valence-corrected chi connectivity index (χ2v) is 7.75. The Morgan fingerprint density at radius 1 is 1.17 bits per heavy atom. The molecule has 1 amide bonds. The first-order valence-corrected chi connectivity index (χ1v) is 9.55. The molecule has 1 atom stereocenters. The number of hydrogen-bond donors (Lipinski definition) is 1. The van der Waals surface area contributed by atoms with Gasteiger partial charge in [0.25, 0.3) is 0 Å². The van der Waals surface area contributed by atoms with Gasteiger partial charge in [-0.3, -0.25) is 9.80 Å². The first kappa shape index (κ1) is 21.2. The van der Waals surface area contributed by atoms with Gasteiger partial charge in [-0.05, 0) is 48.4 Å². The van der Waals surface area contributed by atoms with Crippen LogP contribution in [-0.4, -0.2) is 29.7 Å². The van der Waals surface area contributed by atoms with Crippen molar-refractivity contribution < 1.29 is 18.0 Å². The van der Waals surface area contributed by atoms with Crippen molar-refractivity contribution in [3.63, 3.8) is 0 Å². The summed E-state index contributed by atoms with van der Waals surface area (Å²) >= 11 is 5.97. The number of hydrazone groups is 1. The molecular weight excluding hydrogens is 403 g/mol. The van der Waals surface area contributed by atoms with Crippen LogP contribution in [0.4, 0.5) is 18.9 Å². The highest BCUT2D eigenvalue weighted by atomic mass is 35.5.